The monoisotopic (exact) mass is 360 g/mol. The van der Waals surface area contributed by atoms with Crippen LogP contribution < -0.4 is 0 Å². The van der Waals surface area contributed by atoms with Gasteiger partial charge in [0.15, 0.2) is 0 Å². The van der Waals surface area contributed by atoms with Crippen LogP contribution in [0.1, 0.15) is 33.1 Å². The Morgan fingerprint density at radius 2 is 1.35 bits per heavy atom. The number of nitrogens with zero attached hydrogens (tertiary/aromatic N) is 2. The molecule has 1 aromatic rings. The minimum Gasteiger partial charge on any atom is -0.207 e. The lowest BCUT2D eigenvalue weighted by atomic mass is 10.2. The summed E-state index contributed by atoms with van der Waals surface area (Å²) >= 11 is 0. The summed E-state index contributed by atoms with van der Waals surface area (Å²) in [6.45, 7) is 5.37. The lowest BCUT2D eigenvalue weighted by Gasteiger charge is -2.26. The molecule has 23 heavy (non-hydrogen) atoms. The van der Waals surface area contributed by atoms with Gasteiger partial charge in [-0.15, -0.1) is 0 Å². The van der Waals surface area contributed by atoms with E-state index >= 15 is 0 Å². The summed E-state index contributed by atoms with van der Waals surface area (Å²) in [5, 5.41) is 0. The van der Waals surface area contributed by atoms with Crippen molar-refractivity contribution in [1.82, 2.24) is 8.61 Å². The molecule has 1 fully saturated rings. The summed E-state index contributed by atoms with van der Waals surface area (Å²) in [6, 6.07) is 5.54. The van der Waals surface area contributed by atoms with E-state index in [0.717, 1.165) is 19.3 Å². The van der Waals surface area contributed by atoms with Crippen LogP contribution in [0.5, 0.6) is 0 Å². The molecule has 0 unspecified atom stereocenters. The second-order valence-corrected chi connectivity index (χ2v) is 9.40. The SMILES string of the molecule is CCN(CC)S(=O)(=O)c1ccc(S(=O)(=O)N2CCCCC2)cc1. The van der Waals surface area contributed by atoms with Crippen LogP contribution in [0.25, 0.3) is 0 Å². The molecule has 0 aromatic heterocycles. The van der Waals surface area contributed by atoms with E-state index in [9.17, 15) is 16.8 Å². The Labute approximate surface area is 139 Å². The Bertz CT molecular complexity index is 717. The second-order valence-electron chi connectivity index (χ2n) is 5.53. The van der Waals surface area contributed by atoms with Crippen molar-refractivity contribution in [3.05, 3.63) is 24.3 Å². The van der Waals surface area contributed by atoms with E-state index < -0.39 is 20.0 Å². The summed E-state index contributed by atoms with van der Waals surface area (Å²) in [5.41, 5.74) is 0. The zero-order valence-corrected chi connectivity index (χ0v) is 15.2. The highest BCUT2D eigenvalue weighted by molar-refractivity contribution is 7.89. The molecule has 0 aliphatic carbocycles. The summed E-state index contributed by atoms with van der Waals surface area (Å²) in [4.78, 5) is 0.275. The third-order valence-corrected chi connectivity index (χ3v) is 8.10. The Morgan fingerprint density at radius 1 is 0.870 bits per heavy atom. The molecular formula is C15H24N2O4S2. The van der Waals surface area contributed by atoms with Crippen molar-refractivity contribution in [2.24, 2.45) is 0 Å². The van der Waals surface area contributed by atoms with Crippen molar-refractivity contribution in [1.29, 1.82) is 0 Å². The first-order valence-electron chi connectivity index (χ1n) is 7.94. The zero-order valence-electron chi connectivity index (χ0n) is 13.6. The topological polar surface area (TPSA) is 74.8 Å². The lowest BCUT2D eigenvalue weighted by Crippen LogP contribution is -2.35. The second kappa shape index (κ2) is 7.29. The summed E-state index contributed by atoms with van der Waals surface area (Å²) in [5.74, 6) is 0. The molecule has 130 valence electrons. The van der Waals surface area contributed by atoms with Crippen LogP contribution in [0.2, 0.25) is 0 Å². The van der Waals surface area contributed by atoms with Gasteiger partial charge in [0.1, 0.15) is 0 Å². The van der Waals surface area contributed by atoms with Crippen molar-refractivity contribution < 1.29 is 16.8 Å². The number of hydrogen-bond donors (Lipinski definition) is 0. The number of benzene rings is 1. The molecule has 0 amide bonds. The Balaban J connectivity index is 2.29. The molecule has 2 rings (SSSR count). The van der Waals surface area contributed by atoms with E-state index in [4.69, 9.17) is 0 Å². The third-order valence-electron chi connectivity index (χ3n) is 4.12. The summed E-state index contributed by atoms with van der Waals surface area (Å²) in [6.07, 6.45) is 2.79. The van der Waals surface area contributed by atoms with Crippen LogP contribution in [0.3, 0.4) is 0 Å². The van der Waals surface area contributed by atoms with Gasteiger partial charge in [-0.2, -0.15) is 8.61 Å². The number of rotatable bonds is 6. The van der Waals surface area contributed by atoms with Gasteiger partial charge in [-0.1, -0.05) is 20.3 Å². The van der Waals surface area contributed by atoms with Gasteiger partial charge in [-0.05, 0) is 37.1 Å². The average molecular weight is 361 g/mol. The molecule has 0 atom stereocenters. The number of sulfonamides is 2. The minimum atomic E-state index is -3.56. The molecule has 0 bridgehead atoms. The highest BCUT2D eigenvalue weighted by Crippen LogP contribution is 2.23. The maximum absolute atomic E-state index is 12.6. The van der Waals surface area contributed by atoms with Crippen LogP contribution >= 0.6 is 0 Å². The Hall–Kier alpha value is -0.960. The molecule has 0 spiro atoms. The van der Waals surface area contributed by atoms with E-state index in [1.54, 1.807) is 13.8 Å². The van der Waals surface area contributed by atoms with Crippen LogP contribution in [-0.2, 0) is 20.0 Å². The molecule has 1 aliphatic rings. The summed E-state index contributed by atoms with van der Waals surface area (Å²) in [7, 11) is -7.09. The molecule has 1 heterocycles. The number of piperidine rings is 1. The van der Waals surface area contributed by atoms with Gasteiger partial charge >= 0.3 is 0 Å². The van der Waals surface area contributed by atoms with E-state index in [2.05, 4.69) is 0 Å². The van der Waals surface area contributed by atoms with E-state index in [0.29, 0.717) is 26.2 Å². The van der Waals surface area contributed by atoms with Crippen molar-refractivity contribution in [2.75, 3.05) is 26.2 Å². The standard InChI is InChI=1S/C15H24N2O4S2/c1-3-16(4-2)22(18,19)14-8-10-15(11-9-14)23(20,21)17-12-6-5-7-13-17/h8-11H,3-7,12-13H2,1-2H3. The summed E-state index contributed by atoms with van der Waals surface area (Å²) < 4.78 is 52.8. The minimum absolute atomic E-state index is 0.124. The highest BCUT2D eigenvalue weighted by atomic mass is 32.2. The van der Waals surface area contributed by atoms with Gasteiger partial charge in [0, 0.05) is 26.2 Å². The molecule has 8 heteroatoms. The van der Waals surface area contributed by atoms with Gasteiger partial charge in [0.05, 0.1) is 9.79 Å². The van der Waals surface area contributed by atoms with Gasteiger partial charge in [-0.3, -0.25) is 0 Å². The first-order chi connectivity index (χ1) is 10.8. The predicted octanol–water partition coefficient (Wildman–Crippen LogP) is 1.89. The van der Waals surface area contributed by atoms with Crippen LogP contribution in [0.15, 0.2) is 34.1 Å². The van der Waals surface area contributed by atoms with Crippen molar-refractivity contribution in [3.8, 4) is 0 Å². The Morgan fingerprint density at radius 3 is 1.83 bits per heavy atom. The fourth-order valence-corrected chi connectivity index (χ4v) is 5.73. The van der Waals surface area contributed by atoms with E-state index in [-0.39, 0.29) is 9.79 Å². The van der Waals surface area contributed by atoms with E-state index in [1.165, 1.54) is 32.9 Å². The Kier molecular flexibility index (Phi) is 5.83. The molecule has 1 aromatic carbocycles. The average Bonchev–Trinajstić information content (AvgIpc) is 2.56. The van der Waals surface area contributed by atoms with Gasteiger partial charge in [-0.25, -0.2) is 16.8 Å². The lowest BCUT2D eigenvalue weighted by molar-refractivity contribution is 0.346. The highest BCUT2D eigenvalue weighted by Gasteiger charge is 2.27. The smallest absolute Gasteiger partial charge is 0.207 e. The zero-order chi connectivity index (χ0) is 17.1. The van der Waals surface area contributed by atoms with Gasteiger partial charge < -0.3 is 0 Å². The molecule has 0 radical (unpaired) electrons. The molecule has 0 saturated carbocycles. The van der Waals surface area contributed by atoms with Gasteiger partial charge in [0.2, 0.25) is 20.0 Å². The number of hydrogen-bond acceptors (Lipinski definition) is 4. The third kappa shape index (κ3) is 3.76. The molecule has 0 N–H and O–H groups in total. The van der Waals surface area contributed by atoms with Crippen molar-refractivity contribution in [3.63, 3.8) is 0 Å². The molecule has 1 aliphatic heterocycles. The van der Waals surface area contributed by atoms with Gasteiger partial charge in [0.25, 0.3) is 0 Å². The van der Waals surface area contributed by atoms with Crippen molar-refractivity contribution in [2.45, 2.75) is 42.9 Å². The largest absolute Gasteiger partial charge is 0.243 e. The first kappa shape index (κ1) is 18.4. The van der Waals surface area contributed by atoms with Crippen LogP contribution in [0.4, 0.5) is 0 Å². The fourth-order valence-electron chi connectivity index (χ4n) is 2.75. The van der Waals surface area contributed by atoms with Crippen molar-refractivity contribution >= 4 is 20.0 Å². The molecule has 1 saturated heterocycles. The maximum atomic E-state index is 12.6. The quantitative estimate of drug-likeness (QED) is 0.776. The first-order valence-corrected chi connectivity index (χ1v) is 10.8. The molecular weight excluding hydrogens is 336 g/mol. The van der Waals surface area contributed by atoms with Crippen LogP contribution in [0, 0.1) is 0 Å². The molecule has 6 nitrogen and oxygen atoms in total. The maximum Gasteiger partial charge on any atom is 0.243 e. The normalized spacial score (nSPS) is 17.5. The predicted molar refractivity (Wildman–Crippen MR) is 89.2 cm³/mol. The van der Waals surface area contributed by atoms with Crippen LogP contribution in [-0.4, -0.2) is 51.6 Å². The fraction of sp³-hybridized carbons (Fsp3) is 0.600. The van der Waals surface area contributed by atoms with E-state index in [1.807, 2.05) is 0 Å².